The Morgan fingerprint density at radius 2 is 1.89 bits per heavy atom. The Bertz CT molecular complexity index is 1660. The van der Waals surface area contributed by atoms with E-state index in [1.165, 1.54) is 0 Å². The SMILES string of the molecule is CCNCc1cncc(-c2ncc3[nH]nc(-c4nc5c(-c6ccccn6)nccc5[nH]4)c3c2F)c1. The fourth-order valence-electron chi connectivity index (χ4n) is 4.07. The molecule has 0 aliphatic heterocycles. The second-order valence-electron chi connectivity index (χ2n) is 8.00. The van der Waals surface area contributed by atoms with Crippen LogP contribution in [0.4, 0.5) is 4.39 Å². The minimum absolute atomic E-state index is 0.206. The highest BCUT2D eigenvalue weighted by molar-refractivity contribution is 5.97. The molecule has 9 nitrogen and oxygen atoms in total. The van der Waals surface area contributed by atoms with Crippen LogP contribution in [0.5, 0.6) is 0 Å². The van der Waals surface area contributed by atoms with Gasteiger partial charge >= 0.3 is 0 Å². The molecule has 35 heavy (non-hydrogen) atoms. The number of pyridine rings is 4. The van der Waals surface area contributed by atoms with Crippen LogP contribution in [-0.4, -0.2) is 46.6 Å². The fraction of sp³-hybridized carbons (Fsp3) is 0.120. The molecular formula is C25H20FN9. The largest absolute Gasteiger partial charge is 0.336 e. The van der Waals surface area contributed by atoms with Gasteiger partial charge in [0.2, 0.25) is 0 Å². The van der Waals surface area contributed by atoms with E-state index in [0.717, 1.165) is 17.6 Å². The highest BCUT2D eigenvalue weighted by Gasteiger charge is 2.21. The van der Waals surface area contributed by atoms with Gasteiger partial charge in [-0.2, -0.15) is 5.10 Å². The van der Waals surface area contributed by atoms with Gasteiger partial charge in [0.25, 0.3) is 0 Å². The number of H-pyrrole nitrogens is 2. The van der Waals surface area contributed by atoms with Gasteiger partial charge < -0.3 is 10.3 Å². The summed E-state index contributed by atoms with van der Waals surface area (Å²) in [6.07, 6.45) is 8.33. The van der Waals surface area contributed by atoms with E-state index in [2.05, 4.69) is 40.4 Å². The van der Waals surface area contributed by atoms with Crippen LogP contribution in [0.3, 0.4) is 0 Å². The van der Waals surface area contributed by atoms with Crippen molar-refractivity contribution in [2.24, 2.45) is 0 Å². The Morgan fingerprint density at radius 3 is 2.74 bits per heavy atom. The van der Waals surface area contributed by atoms with Gasteiger partial charge in [0.15, 0.2) is 11.6 Å². The standard InChI is InChI=1S/C25H20FN9/c1-2-27-10-14-9-15(12-28-11-14)21-20(26)19-18(13-31-21)34-35-24(19)25-32-17-6-8-30-22(23(17)33-25)16-5-3-4-7-29-16/h3-9,11-13,27H,2,10H2,1H3,(H,32,33)(H,34,35). The molecule has 0 spiro atoms. The van der Waals surface area contributed by atoms with Gasteiger partial charge in [-0.3, -0.25) is 25.0 Å². The zero-order valence-corrected chi connectivity index (χ0v) is 18.7. The monoisotopic (exact) mass is 465 g/mol. The summed E-state index contributed by atoms with van der Waals surface area (Å²) in [6, 6.07) is 9.31. The van der Waals surface area contributed by atoms with Crippen LogP contribution in [0.15, 0.2) is 61.3 Å². The van der Waals surface area contributed by atoms with E-state index in [1.54, 1.807) is 31.0 Å². The lowest BCUT2D eigenvalue weighted by Gasteiger charge is -2.07. The van der Waals surface area contributed by atoms with Gasteiger partial charge in [0, 0.05) is 36.9 Å². The van der Waals surface area contributed by atoms with Crippen molar-refractivity contribution in [1.29, 1.82) is 0 Å². The average Bonchev–Trinajstić information content (AvgIpc) is 3.53. The van der Waals surface area contributed by atoms with Crippen molar-refractivity contribution in [3.8, 4) is 34.2 Å². The summed E-state index contributed by atoms with van der Waals surface area (Å²) in [7, 11) is 0. The topological polar surface area (TPSA) is 121 Å². The lowest BCUT2D eigenvalue weighted by atomic mass is 10.1. The minimum atomic E-state index is -0.489. The predicted octanol–water partition coefficient (Wildman–Crippen LogP) is 4.27. The maximum atomic E-state index is 15.9. The highest BCUT2D eigenvalue weighted by Crippen LogP contribution is 2.33. The average molecular weight is 465 g/mol. The Labute approximate surface area is 198 Å². The molecule has 0 unspecified atom stereocenters. The van der Waals surface area contributed by atoms with Crippen LogP contribution >= 0.6 is 0 Å². The van der Waals surface area contributed by atoms with E-state index in [9.17, 15) is 0 Å². The molecule has 0 bridgehead atoms. The third-order valence-corrected chi connectivity index (χ3v) is 5.72. The number of hydrogen-bond acceptors (Lipinski definition) is 7. The van der Waals surface area contributed by atoms with Crippen LogP contribution in [0.2, 0.25) is 0 Å². The molecular weight excluding hydrogens is 445 g/mol. The maximum Gasteiger partial charge on any atom is 0.161 e. The molecule has 0 saturated carbocycles. The molecule has 0 fully saturated rings. The number of rotatable bonds is 6. The summed E-state index contributed by atoms with van der Waals surface area (Å²) in [5.41, 5.74) is 5.31. The highest BCUT2D eigenvalue weighted by atomic mass is 19.1. The lowest BCUT2D eigenvalue weighted by molar-refractivity contribution is 0.638. The molecule has 6 aromatic heterocycles. The summed E-state index contributed by atoms with van der Waals surface area (Å²) in [4.78, 5) is 25.4. The van der Waals surface area contributed by atoms with Crippen molar-refractivity contribution in [2.45, 2.75) is 13.5 Å². The van der Waals surface area contributed by atoms with Crippen molar-refractivity contribution in [3.63, 3.8) is 0 Å². The zero-order valence-electron chi connectivity index (χ0n) is 18.7. The lowest BCUT2D eigenvalue weighted by Crippen LogP contribution is -2.11. The Balaban J connectivity index is 1.48. The summed E-state index contributed by atoms with van der Waals surface area (Å²) in [5.74, 6) is -0.0660. The van der Waals surface area contributed by atoms with Gasteiger partial charge in [0.05, 0.1) is 28.3 Å². The van der Waals surface area contributed by atoms with Gasteiger partial charge in [-0.1, -0.05) is 13.0 Å². The van der Waals surface area contributed by atoms with Gasteiger partial charge in [-0.25, -0.2) is 9.37 Å². The van der Waals surface area contributed by atoms with Crippen LogP contribution in [0, 0.1) is 5.82 Å². The number of imidazole rings is 1. The number of aromatic amines is 2. The second-order valence-corrected chi connectivity index (χ2v) is 8.00. The van der Waals surface area contributed by atoms with Crippen molar-refractivity contribution >= 4 is 21.9 Å². The maximum absolute atomic E-state index is 15.9. The summed E-state index contributed by atoms with van der Waals surface area (Å²) in [6.45, 7) is 3.50. The number of fused-ring (bicyclic) bond motifs is 2. The molecule has 6 aromatic rings. The number of nitrogens with zero attached hydrogens (tertiary/aromatic N) is 6. The molecule has 0 radical (unpaired) electrons. The fourth-order valence-corrected chi connectivity index (χ4v) is 4.07. The molecule has 6 heterocycles. The number of aromatic nitrogens is 8. The molecule has 0 aliphatic rings. The first kappa shape index (κ1) is 21.0. The minimum Gasteiger partial charge on any atom is -0.336 e. The second kappa shape index (κ2) is 8.65. The third kappa shape index (κ3) is 3.69. The smallest absolute Gasteiger partial charge is 0.161 e. The summed E-state index contributed by atoms with van der Waals surface area (Å²) in [5, 5.41) is 10.8. The van der Waals surface area contributed by atoms with Crippen molar-refractivity contribution < 1.29 is 4.39 Å². The Hall–Kier alpha value is -4.57. The van der Waals surface area contributed by atoms with Crippen molar-refractivity contribution in [1.82, 2.24) is 45.4 Å². The first-order valence-electron chi connectivity index (χ1n) is 11.2. The Kier molecular flexibility index (Phi) is 5.19. The van der Waals surface area contributed by atoms with Crippen LogP contribution in [-0.2, 0) is 6.54 Å². The third-order valence-electron chi connectivity index (χ3n) is 5.72. The summed E-state index contributed by atoms with van der Waals surface area (Å²) >= 11 is 0. The molecule has 0 amide bonds. The first-order valence-corrected chi connectivity index (χ1v) is 11.2. The zero-order chi connectivity index (χ0) is 23.8. The van der Waals surface area contributed by atoms with Crippen LogP contribution < -0.4 is 5.32 Å². The molecule has 3 N–H and O–H groups in total. The molecule has 6 rings (SSSR count). The molecule has 0 aliphatic carbocycles. The van der Waals surface area contributed by atoms with Crippen LogP contribution in [0.25, 0.3) is 56.1 Å². The normalized spacial score (nSPS) is 11.5. The number of hydrogen-bond donors (Lipinski definition) is 3. The van der Waals surface area contributed by atoms with E-state index in [1.807, 2.05) is 37.3 Å². The van der Waals surface area contributed by atoms with E-state index in [4.69, 9.17) is 4.98 Å². The van der Waals surface area contributed by atoms with Gasteiger partial charge in [0.1, 0.15) is 22.6 Å². The molecule has 0 atom stereocenters. The van der Waals surface area contributed by atoms with Crippen molar-refractivity contribution in [2.75, 3.05) is 6.54 Å². The molecule has 172 valence electrons. The van der Waals surface area contributed by atoms with Gasteiger partial charge in [-0.15, -0.1) is 0 Å². The van der Waals surface area contributed by atoms with Gasteiger partial charge in [-0.05, 0) is 36.4 Å². The van der Waals surface area contributed by atoms with E-state index < -0.39 is 5.82 Å². The Morgan fingerprint density at radius 1 is 0.943 bits per heavy atom. The number of halogens is 1. The van der Waals surface area contributed by atoms with E-state index in [0.29, 0.717) is 51.4 Å². The number of nitrogens with one attached hydrogen (secondary N) is 3. The molecule has 0 aromatic carbocycles. The van der Waals surface area contributed by atoms with Crippen LogP contribution in [0.1, 0.15) is 12.5 Å². The van der Waals surface area contributed by atoms with E-state index >= 15 is 4.39 Å². The molecule has 10 heteroatoms. The first-order chi connectivity index (χ1) is 17.2. The van der Waals surface area contributed by atoms with Crippen molar-refractivity contribution in [3.05, 3.63) is 72.7 Å². The van der Waals surface area contributed by atoms with E-state index in [-0.39, 0.29) is 5.69 Å². The summed E-state index contributed by atoms with van der Waals surface area (Å²) < 4.78 is 15.9. The predicted molar refractivity (Wildman–Crippen MR) is 131 cm³/mol. The quantitative estimate of drug-likeness (QED) is 0.336. The molecule has 0 saturated heterocycles.